The molecule has 2 nitrogen and oxygen atoms in total. The van der Waals surface area contributed by atoms with E-state index in [0.29, 0.717) is 0 Å². The van der Waals surface area contributed by atoms with E-state index in [1.165, 1.54) is 0 Å². The van der Waals surface area contributed by atoms with E-state index in [9.17, 15) is 0 Å². The van der Waals surface area contributed by atoms with Crippen molar-refractivity contribution in [1.29, 1.82) is 0 Å². The van der Waals surface area contributed by atoms with Gasteiger partial charge in [0.05, 0.1) is 6.10 Å². The van der Waals surface area contributed by atoms with Gasteiger partial charge in [-0.3, -0.25) is 0 Å². The van der Waals surface area contributed by atoms with Crippen LogP contribution in [0.2, 0.25) is 10.0 Å². The van der Waals surface area contributed by atoms with Crippen LogP contribution in [0.25, 0.3) is 0 Å². The van der Waals surface area contributed by atoms with Crippen LogP contribution in [0.15, 0.2) is 48.5 Å². The third-order valence-corrected chi connectivity index (χ3v) is 4.19. The molecule has 0 aliphatic carbocycles. The van der Waals surface area contributed by atoms with Gasteiger partial charge in [-0.25, -0.2) is 0 Å². The minimum Gasteiger partial charge on any atom is -0.364 e. The van der Waals surface area contributed by atoms with Gasteiger partial charge in [0, 0.05) is 16.6 Å². The number of benzene rings is 2. The molecule has 1 N–H and O–H groups in total. The third kappa shape index (κ3) is 3.78. The normalized spacial score (nSPS) is 18.3. The Morgan fingerprint density at radius 2 is 1.43 bits per heavy atom. The molecule has 1 heterocycles. The summed E-state index contributed by atoms with van der Waals surface area (Å²) < 4.78 is 6.31. The molecule has 3 rings (SSSR count). The summed E-state index contributed by atoms with van der Waals surface area (Å²) in [5.41, 5.74) is 2.21. The van der Waals surface area contributed by atoms with Crippen LogP contribution in [0.5, 0.6) is 0 Å². The Morgan fingerprint density at radius 3 is 1.86 bits per heavy atom. The molecule has 21 heavy (non-hydrogen) atoms. The first-order valence-electron chi connectivity index (χ1n) is 7.09. The number of hydrogen-bond donors (Lipinski definition) is 1. The number of nitrogens with one attached hydrogen (secondary N) is 1. The van der Waals surface area contributed by atoms with Crippen molar-refractivity contribution >= 4 is 23.2 Å². The first kappa shape index (κ1) is 14.9. The summed E-state index contributed by atoms with van der Waals surface area (Å²) in [5, 5.41) is 4.80. The molecule has 0 saturated carbocycles. The lowest BCUT2D eigenvalue weighted by Crippen LogP contribution is -2.20. The van der Waals surface area contributed by atoms with Crippen molar-refractivity contribution in [3.05, 3.63) is 69.7 Å². The summed E-state index contributed by atoms with van der Waals surface area (Å²) >= 11 is 12.0. The van der Waals surface area contributed by atoms with Crippen molar-refractivity contribution in [3.63, 3.8) is 0 Å². The molecular formula is C17H17Cl2NO. The standard InChI is InChI=1S/C17H17Cl2NO/c18-14-5-1-12(2-6-14)17(21-16-9-10-20-11-16)13-3-7-15(19)8-4-13/h1-8,16-17,20H,9-11H2. The Hall–Kier alpha value is -1.06. The van der Waals surface area contributed by atoms with Crippen LogP contribution in [0, 0.1) is 0 Å². The fourth-order valence-corrected chi connectivity index (χ4v) is 2.81. The predicted octanol–water partition coefficient (Wildman–Crippen LogP) is 4.46. The average Bonchev–Trinajstić information content (AvgIpc) is 3.00. The van der Waals surface area contributed by atoms with Crippen molar-refractivity contribution in [2.75, 3.05) is 13.1 Å². The van der Waals surface area contributed by atoms with Crippen molar-refractivity contribution in [2.45, 2.75) is 18.6 Å². The van der Waals surface area contributed by atoms with E-state index in [1.807, 2.05) is 48.5 Å². The number of rotatable bonds is 4. The van der Waals surface area contributed by atoms with E-state index in [-0.39, 0.29) is 12.2 Å². The second kappa shape index (κ2) is 6.80. The smallest absolute Gasteiger partial charge is 0.108 e. The number of ether oxygens (including phenoxy) is 1. The average molecular weight is 322 g/mol. The molecule has 0 spiro atoms. The van der Waals surface area contributed by atoms with E-state index < -0.39 is 0 Å². The Labute approximate surface area is 135 Å². The van der Waals surface area contributed by atoms with Gasteiger partial charge < -0.3 is 10.1 Å². The highest BCUT2D eigenvalue weighted by atomic mass is 35.5. The predicted molar refractivity (Wildman–Crippen MR) is 87.1 cm³/mol. The van der Waals surface area contributed by atoms with Gasteiger partial charge in [0.15, 0.2) is 0 Å². The molecule has 1 saturated heterocycles. The molecule has 0 radical (unpaired) electrons. The van der Waals surface area contributed by atoms with Gasteiger partial charge in [0.25, 0.3) is 0 Å². The molecule has 110 valence electrons. The molecule has 1 fully saturated rings. The summed E-state index contributed by atoms with van der Waals surface area (Å²) in [6.45, 7) is 1.91. The zero-order valence-corrected chi connectivity index (χ0v) is 13.1. The minimum atomic E-state index is -0.0931. The summed E-state index contributed by atoms with van der Waals surface area (Å²) in [5.74, 6) is 0. The van der Waals surface area contributed by atoms with Gasteiger partial charge in [-0.05, 0) is 48.4 Å². The van der Waals surface area contributed by atoms with Crippen molar-refractivity contribution in [2.24, 2.45) is 0 Å². The Bertz CT molecular complexity index is 531. The maximum absolute atomic E-state index is 6.31. The molecule has 1 atom stereocenters. The molecular weight excluding hydrogens is 305 g/mol. The lowest BCUT2D eigenvalue weighted by atomic mass is 10.0. The first-order chi connectivity index (χ1) is 10.2. The van der Waals surface area contributed by atoms with Crippen LogP contribution in [0.3, 0.4) is 0 Å². The van der Waals surface area contributed by atoms with E-state index in [4.69, 9.17) is 27.9 Å². The Kier molecular flexibility index (Phi) is 4.81. The molecule has 0 amide bonds. The highest BCUT2D eigenvalue weighted by molar-refractivity contribution is 6.30. The van der Waals surface area contributed by atoms with E-state index in [1.54, 1.807) is 0 Å². The number of halogens is 2. The second-order valence-electron chi connectivity index (χ2n) is 5.23. The quantitative estimate of drug-likeness (QED) is 0.897. The second-order valence-corrected chi connectivity index (χ2v) is 6.11. The van der Waals surface area contributed by atoms with Crippen LogP contribution in [0.1, 0.15) is 23.7 Å². The SMILES string of the molecule is Clc1ccc(C(OC2CCNC2)c2ccc(Cl)cc2)cc1. The van der Waals surface area contributed by atoms with Crippen LogP contribution in [0.4, 0.5) is 0 Å². The topological polar surface area (TPSA) is 21.3 Å². The van der Waals surface area contributed by atoms with Crippen molar-refractivity contribution in [3.8, 4) is 0 Å². The Morgan fingerprint density at radius 1 is 0.905 bits per heavy atom. The van der Waals surface area contributed by atoms with Crippen LogP contribution in [-0.4, -0.2) is 19.2 Å². The lowest BCUT2D eigenvalue weighted by molar-refractivity contribution is 0.0204. The maximum atomic E-state index is 6.31. The van der Waals surface area contributed by atoms with Gasteiger partial charge in [0.2, 0.25) is 0 Å². The first-order valence-corrected chi connectivity index (χ1v) is 7.85. The van der Waals surface area contributed by atoms with Gasteiger partial charge >= 0.3 is 0 Å². The fraction of sp³-hybridized carbons (Fsp3) is 0.294. The summed E-state index contributed by atoms with van der Waals surface area (Å²) in [7, 11) is 0. The third-order valence-electron chi connectivity index (χ3n) is 3.69. The lowest BCUT2D eigenvalue weighted by Gasteiger charge is -2.23. The van der Waals surface area contributed by atoms with Crippen LogP contribution >= 0.6 is 23.2 Å². The van der Waals surface area contributed by atoms with Crippen LogP contribution < -0.4 is 5.32 Å². The molecule has 1 aliphatic heterocycles. The molecule has 2 aromatic rings. The molecule has 2 aromatic carbocycles. The molecule has 0 aromatic heterocycles. The van der Waals surface area contributed by atoms with Crippen molar-refractivity contribution in [1.82, 2.24) is 5.32 Å². The molecule has 4 heteroatoms. The van der Waals surface area contributed by atoms with Gasteiger partial charge in [-0.1, -0.05) is 47.5 Å². The van der Waals surface area contributed by atoms with Gasteiger partial charge in [0.1, 0.15) is 6.10 Å². The maximum Gasteiger partial charge on any atom is 0.108 e. The summed E-state index contributed by atoms with van der Waals surface area (Å²) in [6.07, 6.45) is 1.18. The van der Waals surface area contributed by atoms with Crippen LogP contribution in [-0.2, 0) is 4.74 Å². The highest BCUT2D eigenvalue weighted by Crippen LogP contribution is 2.30. The Balaban J connectivity index is 1.89. The number of hydrogen-bond acceptors (Lipinski definition) is 2. The summed E-state index contributed by atoms with van der Waals surface area (Å²) in [6, 6.07) is 15.7. The van der Waals surface area contributed by atoms with Crippen molar-refractivity contribution < 1.29 is 4.74 Å². The largest absolute Gasteiger partial charge is 0.364 e. The highest BCUT2D eigenvalue weighted by Gasteiger charge is 2.22. The molecule has 1 unspecified atom stereocenters. The molecule has 1 aliphatic rings. The monoisotopic (exact) mass is 321 g/mol. The summed E-state index contributed by atoms with van der Waals surface area (Å²) in [4.78, 5) is 0. The minimum absolute atomic E-state index is 0.0931. The van der Waals surface area contributed by atoms with Gasteiger partial charge in [-0.2, -0.15) is 0 Å². The van der Waals surface area contributed by atoms with E-state index >= 15 is 0 Å². The zero-order valence-electron chi connectivity index (χ0n) is 11.6. The van der Waals surface area contributed by atoms with E-state index in [2.05, 4.69) is 5.32 Å². The van der Waals surface area contributed by atoms with Gasteiger partial charge in [-0.15, -0.1) is 0 Å². The molecule has 0 bridgehead atoms. The zero-order chi connectivity index (χ0) is 14.7. The fourth-order valence-electron chi connectivity index (χ4n) is 2.56. The van der Waals surface area contributed by atoms with E-state index in [0.717, 1.165) is 40.7 Å².